The molecule has 0 spiro atoms. The normalized spacial score (nSPS) is 17.0. The van der Waals surface area contributed by atoms with E-state index in [1.807, 2.05) is 12.1 Å². The van der Waals surface area contributed by atoms with Crippen molar-refractivity contribution in [2.24, 2.45) is 0 Å². The minimum atomic E-state index is -3.70. The summed E-state index contributed by atoms with van der Waals surface area (Å²) in [5.41, 5.74) is 1.93. The Morgan fingerprint density at radius 1 is 1.00 bits per heavy atom. The van der Waals surface area contributed by atoms with Crippen molar-refractivity contribution >= 4 is 39.0 Å². The van der Waals surface area contributed by atoms with Gasteiger partial charge in [0.05, 0.1) is 10.9 Å². The number of halogens is 1. The number of hydrogen-bond acceptors (Lipinski definition) is 4. The molecule has 0 bridgehead atoms. The zero-order valence-electron chi connectivity index (χ0n) is 17.2. The highest BCUT2D eigenvalue weighted by Gasteiger charge is 2.34. The monoisotopic (exact) mass is 470 g/mol. The lowest BCUT2D eigenvalue weighted by Gasteiger charge is -2.34. The Bertz CT molecular complexity index is 1190. The molecule has 32 heavy (non-hydrogen) atoms. The Hall–Kier alpha value is -2.94. The van der Waals surface area contributed by atoms with Crippen molar-refractivity contribution in [3.63, 3.8) is 0 Å². The SMILES string of the molecule is O=C(Nc1ccc(S(=O)(=O)N2CCCCC2c2cccnc2)cc1)Nc1cccc(Cl)c1. The molecule has 1 aromatic heterocycles. The molecule has 9 heteroatoms. The molecule has 2 heterocycles. The Morgan fingerprint density at radius 2 is 1.78 bits per heavy atom. The number of pyridine rings is 1. The first-order valence-corrected chi connectivity index (χ1v) is 12.1. The Morgan fingerprint density at radius 3 is 2.50 bits per heavy atom. The maximum atomic E-state index is 13.4. The molecule has 1 atom stereocenters. The van der Waals surface area contributed by atoms with Crippen LogP contribution in [-0.2, 0) is 10.0 Å². The predicted octanol–water partition coefficient (Wildman–Crippen LogP) is 5.29. The molecule has 166 valence electrons. The van der Waals surface area contributed by atoms with Gasteiger partial charge in [-0.15, -0.1) is 0 Å². The van der Waals surface area contributed by atoms with Crippen LogP contribution in [0.15, 0.2) is 78.0 Å². The van der Waals surface area contributed by atoms with Crippen molar-refractivity contribution < 1.29 is 13.2 Å². The molecular weight excluding hydrogens is 448 g/mol. The first-order valence-electron chi connectivity index (χ1n) is 10.3. The molecule has 1 aliphatic heterocycles. The van der Waals surface area contributed by atoms with Gasteiger partial charge in [0, 0.05) is 35.3 Å². The Labute approximate surface area is 192 Å². The molecule has 1 fully saturated rings. The molecule has 4 rings (SSSR count). The minimum absolute atomic E-state index is 0.189. The lowest BCUT2D eigenvalue weighted by Crippen LogP contribution is -2.38. The van der Waals surface area contributed by atoms with E-state index in [9.17, 15) is 13.2 Å². The average Bonchev–Trinajstić information content (AvgIpc) is 2.80. The number of nitrogens with zero attached hydrogens (tertiary/aromatic N) is 2. The number of carbonyl (C=O) groups excluding carboxylic acids is 1. The van der Waals surface area contributed by atoms with Gasteiger partial charge in [0.2, 0.25) is 10.0 Å². The summed E-state index contributed by atoms with van der Waals surface area (Å²) in [5, 5.41) is 5.89. The summed E-state index contributed by atoms with van der Waals surface area (Å²) in [5.74, 6) is 0. The number of urea groups is 1. The zero-order chi connectivity index (χ0) is 22.6. The number of carbonyl (C=O) groups is 1. The molecule has 1 unspecified atom stereocenters. The van der Waals surface area contributed by atoms with Crippen molar-refractivity contribution in [2.45, 2.75) is 30.2 Å². The van der Waals surface area contributed by atoms with Gasteiger partial charge >= 0.3 is 6.03 Å². The Kier molecular flexibility index (Phi) is 6.74. The fraction of sp³-hybridized carbons (Fsp3) is 0.217. The highest BCUT2D eigenvalue weighted by atomic mass is 35.5. The second-order valence-corrected chi connectivity index (χ2v) is 9.85. The second kappa shape index (κ2) is 9.68. The summed E-state index contributed by atoms with van der Waals surface area (Å²) in [6.45, 7) is 0.462. The van der Waals surface area contributed by atoms with Crippen molar-refractivity contribution in [3.8, 4) is 0 Å². The van der Waals surface area contributed by atoms with E-state index >= 15 is 0 Å². The van der Waals surface area contributed by atoms with Crippen LogP contribution in [0.4, 0.5) is 16.2 Å². The highest BCUT2D eigenvalue weighted by molar-refractivity contribution is 7.89. The summed E-state index contributed by atoms with van der Waals surface area (Å²) in [7, 11) is -3.70. The van der Waals surface area contributed by atoms with Crippen LogP contribution < -0.4 is 10.6 Å². The van der Waals surface area contributed by atoms with Crippen LogP contribution in [0, 0.1) is 0 Å². The molecular formula is C23H23ClN4O3S. The number of nitrogens with one attached hydrogen (secondary N) is 2. The third-order valence-corrected chi connectivity index (χ3v) is 7.48. The number of sulfonamides is 1. The van der Waals surface area contributed by atoms with Crippen LogP contribution in [0.3, 0.4) is 0 Å². The molecule has 0 saturated carbocycles. The second-order valence-electron chi connectivity index (χ2n) is 7.53. The van der Waals surface area contributed by atoms with E-state index in [4.69, 9.17) is 11.6 Å². The number of anilines is 2. The standard InChI is InChI=1S/C23H23ClN4O3S/c24-18-6-3-7-20(15-18)27-23(29)26-19-9-11-21(12-10-19)32(30,31)28-14-2-1-8-22(28)17-5-4-13-25-16-17/h3-7,9-13,15-16,22H,1-2,8,14H2,(H2,26,27,29). The number of hydrogen-bond donors (Lipinski definition) is 2. The van der Waals surface area contributed by atoms with Gasteiger partial charge < -0.3 is 10.6 Å². The minimum Gasteiger partial charge on any atom is -0.308 e. The largest absolute Gasteiger partial charge is 0.323 e. The van der Waals surface area contributed by atoms with Crippen LogP contribution in [0.1, 0.15) is 30.9 Å². The van der Waals surface area contributed by atoms with E-state index in [2.05, 4.69) is 15.6 Å². The number of piperidine rings is 1. The number of benzene rings is 2. The van der Waals surface area contributed by atoms with Crippen molar-refractivity contribution in [2.75, 3.05) is 17.2 Å². The molecule has 2 amide bonds. The molecule has 2 N–H and O–H groups in total. The van der Waals surface area contributed by atoms with Gasteiger partial charge in [-0.05, 0) is 66.9 Å². The molecule has 1 aliphatic rings. The van der Waals surface area contributed by atoms with Crippen LogP contribution in [-0.4, -0.2) is 30.3 Å². The van der Waals surface area contributed by atoms with Gasteiger partial charge in [0.15, 0.2) is 0 Å². The topological polar surface area (TPSA) is 91.4 Å². The summed E-state index contributed by atoms with van der Waals surface area (Å²) in [6, 6.07) is 16.0. The van der Waals surface area contributed by atoms with Crippen LogP contribution in [0.5, 0.6) is 0 Å². The number of aromatic nitrogens is 1. The lowest BCUT2D eigenvalue weighted by molar-refractivity contribution is 0.255. The van der Waals surface area contributed by atoms with E-state index in [1.54, 1.807) is 53.1 Å². The summed E-state index contributed by atoms with van der Waals surface area (Å²) in [6.07, 6.45) is 5.95. The van der Waals surface area contributed by atoms with Gasteiger partial charge in [0.1, 0.15) is 0 Å². The zero-order valence-corrected chi connectivity index (χ0v) is 18.8. The van der Waals surface area contributed by atoms with Crippen LogP contribution >= 0.6 is 11.6 Å². The lowest BCUT2D eigenvalue weighted by atomic mass is 9.99. The molecule has 7 nitrogen and oxygen atoms in total. The van der Waals surface area contributed by atoms with E-state index < -0.39 is 16.1 Å². The van der Waals surface area contributed by atoms with Gasteiger partial charge in [-0.1, -0.05) is 30.2 Å². The fourth-order valence-corrected chi connectivity index (χ4v) is 5.68. The fourth-order valence-electron chi connectivity index (χ4n) is 3.80. The molecule has 1 saturated heterocycles. The summed E-state index contributed by atoms with van der Waals surface area (Å²) < 4.78 is 28.3. The van der Waals surface area contributed by atoms with Crippen molar-refractivity contribution in [1.82, 2.24) is 9.29 Å². The smallest absolute Gasteiger partial charge is 0.308 e. The van der Waals surface area contributed by atoms with E-state index in [0.717, 1.165) is 24.8 Å². The van der Waals surface area contributed by atoms with Crippen LogP contribution in [0.25, 0.3) is 0 Å². The Balaban J connectivity index is 1.48. The average molecular weight is 471 g/mol. The molecule has 2 aromatic carbocycles. The van der Waals surface area contributed by atoms with Gasteiger partial charge in [0.25, 0.3) is 0 Å². The molecule has 0 aliphatic carbocycles. The highest BCUT2D eigenvalue weighted by Crippen LogP contribution is 2.35. The molecule has 3 aromatic rings. The van der Waals surface area contributed by atoms with E-state index in [-0.39, 0.29) is 10.9 Å². The van der Waals surface area contributed by atoms with Gasteiger partial charge in [-0.2, -0.15) is 4.31 Å². The predicted molar refractivity (Wildman–Crippen MR) is 125 cm³/mol. The third kappa shape index (κ3) is 5.09. The first kappa shape index (κ1) is 22.3. The summed E-state index contributed by atoms with van der Waals surface area (Å²) >= 11 is 5.93. The number of amides is 2. The van der Waals surface area contributed by atoms with E-state index in [1.165, 1.54) is 12.1 Å². The van der Waals surface area contributed by atoms with Gasteiger partial charge in [-0.3, -0.25) is 4.98 Å². The van der Waals surface area contributed by atoms with Gasteiger partial charge in [-0.25, -0.2) is 13.2 Å². The summed E-state index contributed by atoms with van der Waals surface area (Å²) in [4.78, 5) is 16.6. The third-order valence-electron chi connectivity index (χ3n) is 5.32. The van der Waals surface area contributed by atoms with Crippen molar-refractivity contribution in [3.05, 3.63) is 83.6 Å². The first-order chi connectivity index (χ1) is 15.4. The number of rotatable bonds is 5. The van der Waals surface area contributed by atoms with Crippen LogP contribution in [0.2, 0.25) is 5.02 Å². The maximum absolute atomic E-state index is 13.4. The van der Waals surface area contributed by atoms with E-state index in [0.29, 0.717) is 22.9 Å². The molecule has 0 radical (unpaired) electrons. The van der Waals surface area contributed by atoms with Crippen molar-refractivity contribution in [1.29, 1.82) is 0 Å². The quantitative estimate of drug-likeness (QED) is 0.529. The maximum Gasteiger partial charge on any atom is 0.323 e.